The number of aliphatic hydroxyl groups excluding tert-OH is 1. The van der Waals surface area contributed by atoms with Crippen molar-refractivity contribution in [1.29, 1.82) is 0 Å². The zero-order valence-electron chi connectivity index (χ0n) is 20.6. The number of hydrogen-bond acceptors (Lipinski definition) is 7. The number of hydrogen-bond donors (Lipinski definition) is 1. The van der Waals surface area contributed by atoms with Crippen LogP contribution in [0, 0.1) is 0 Å². The van der Waals surface area contributed by atoms with E-state index in [-0.39, 0.29) is 19.8 Å². The third kappa shape index (κ3) is 8.33. The van der Waals surface area contributed by atoms with Crippen LogP contribution in [0.1, 0.15) is 16.7 Å². The van der Waals surface area contributed by atoms with Gasteiger partial charge in [0.05, 0.1) is 26.1 Å². The molecule has 0 aliphatic heterocycles. The Morgan fingerprint density at radius 1 is 0.622 bits per heavy atom. The number of rotatable bonds is 11. The molecule has 4 rings (SSSR count). The van der Waals surface area contributed by atoms with Crippen LogP contribution in [0.25, 0.3) is 0 Å². The van der Waals surface area contributed by atoms with Gasteiger partial charge in [-0.1, -0.05) is 103 Å². The van der Waals surface area contributed by atoms with Gasteiger partial charge in [-0.3, -0.25) is 4.18 Å². The van der Waals surface area contributed by atoms with Gasteiger partial charge in [-0.2, -0.15) is 8.42 Å². The number of benzene rings is 3. The summed E-state index contributed by atoms with van der Waals surface area (Å²) in [6.07, 6.45) is -0.742. The normalized spacial score (nSPS) is 24.0. The van der Waals surface area contributed by atoms with Crippen molar-refractivity contribution in [1.82, 2.24) is 0 Å². The maximum absolute atomic E-state index is 12.1. The van der Waals surface area contributed by atoms with Crippen molar-refractivity contribution >= 4 is 10.1 Å². The second kappa shape index (κ2) is 13.1. The summed E-state index contributed by atoms with van der Waals surface area (Å²) >= 11 is 0. The van der Waals surface area contributed by atoms with Gasteiger partial charge in [0, 0.05) is 0 Å². The van der Waals surface area contributed by atoms with Crippen LogP contribution in [0.3, 0.4) is 0 Å². The average molecular weight is 525 g/mol. The SMILES string of the molecule is CS(=O)(=O)O[C@H]1C=C[C@@H](O)[C@@H](OCc2ccccc2)[C@H](OCc2ccccc2)[C@H]1OCc1ccccc1. The molecule has 1 aliphatic carbocycles. The first-order chi connectivity index (χ1) is 17.9. The van der Waals surface area contributed by atoms with Crippen LogP contribution in [0.5, 0.6) is 0 Å². The lowest BCUT2D eigenvalue weighted by molar-refractivity contribution is -0.182. The Hall–Kier alpha value is -2.85. The molecule has 37 heavy (non-hydrogen) atoms. The minimum absolute atomic E-state index is 0.190. The Balaban J connectivity index is 1.64. The molecule has 0 bridgehead atoms. The summed E-state index contributed by atoms with van der Waals surface area (Å²) in [5.74, 6) is 0. The van der Waals surface area contributed by atoms with Gasteiger partial charge in [-0.05, 0) is 16.7 Å². The molecule has 0 saturated heterocycles. The summed E-state index contributed by atoms with van der Waals surface area (Å²) in [6.45, 7) is 0.625. The van der Waals surface area contributed by atoms with E-state index in [2.05, 4.69) is 0 Å². The molecule has 5 atom stereocenters. The summed E-state index contributed by atoms with van der Waals surface area (Å²) in [5.41, 5.74) is 2.74. The molecule has 1 aliphatic rings. The Kier molecular flexibility index (Phi) is 9.62. The van der Waals surface area contributed by atoms with Gasteiger partial charge in [-0.15, -0.1) is 0 Å². The Morgan fingerprint density at radius 3 is 1.46 bits per heavy atom. The molecule has 0 amide bonds. The molecule has 3 aromatic carbocycles. The second-order valence-corrected chi connectivity index (χ2v) is 10.5. The number of ether oxygens (including phenoxy) is 3. The predicted octanol–water partition coefficient (Wildman–Crippen LogP) is 4.02. The summed E-state index contributed by atoms with van der Waals surface area (Å²) in [7, 11) is -3.85. The van der Waals surface area contributed by atoms with Crippen molar-refractivity contribution in [3.8, 4) is 0 Å². The first kappa shape index (κ1) is 27.2. The molecule has 0 saturated carbocycles. The lowest BCUT2D eigenvalue weighted by Crippen LogP contribution is -2.51. The van der Waals surface area contributed by atoms with E-state index in [9.17, 15) is 13.5 Å². The largest absolute Gasteiger partial charge is 0.386 e. The van der Waals surface area contributed by atoms with Gasteiger partial charge in [-0.25, -0.2) is 0 Å². The topological polar surface area (TPSA) is 91.3 Å². The highest BCUT2D eigenvalue weighted by Gasteiger charge is 2.43. The van der Waals surface area contributed by atoms with E-state index < -0.39 is 40.6 Å². The molecule has 7 nitrogen and oxygen atoms in total. The highest BCUT2D eigenvalue weighted by molar-refractivity contribution is 7.86. The van der Waals surface area contributed by atoms with E-state index in [1.54, 1.807) is 0 Å². The van der Waals surface area contributed by atoms with Crippen LogP contribution in [0.2, 0.25) is 0 Å². The van der Waals surface area contributed by atoms with Crippen molar-refractivity contribution < 1.29 is 31.9 Å². The van der Waals surface area contributed by atoms with Crippen molar-refractivity contribution in [3.05, 3.63) is 120 Å². The molecule has 0 unspecified atom stereocenters. The molecule has 8 heteroatoms. The van der Waals surface area contributed by atoms with E-state index in [0.29, 0.717) is 0 Å². The van der Waals surface area contributed by atoms with Crippen LogP contribution in [-0.4, -0.2) is 50.3 Å². The zero-order chi connectivity index (χ0) is 26.1. The average Bonchev–Trinajstić information content (AvgIpc) is 3.02. The van der Waals surface area contributed by atoms with Gasteiger partial charge in [0.25, 0.3) is 10.1 Å². The highest BCUT2D eigenvalue weighted by atomic mass is 32.2. The molecule has 1 N–H and O–H groups in total. The number of aliphatic hydroxyl groups is 1. The molecule has 0 heterocycles. The molecule has 0 fully saturated rings. The minimum Gasteiger partial charge on any atom is -0.386 e. The Bertz CT molecular complexity index is 1220. The van der Waals surface area contributed by atoms with E-state index in [1.807, 2.05) is 91.0 Å². The van der Waals surface area contributed by atoms with Crippen LogP contribution >= 0.6 is 0 Å². The molecule has 0 radical (unpaired) electrons. The monoisotopic (exact) mass is 524 g/mol. The van der Waals surface area contributed by atoms with Gasteiger partial charge < -0.3 is 19.3 Å². The quantitative estimate of drug-likeness (QED) is 0.299. The summed E-state index contributed by atoms with van der Waals surface area (Å²) in [6, 6.07) is 28.7. The van der Waals surface area contributed by atoms with Crippen LogP contribution in [-0.2, 0) is 48.3 Å². The minimum atomic E-state index is -3.85. The fourth-order valence-electron chi connectivity index (χ4n) is 4.17. The van der Waals surface area contributed by atoms with Crippen LogP contribution in [0.15, 0.2) is 103 Å². The van der Waals surface area contributed by atoms with Crippen LogP contribution in [0.4, 0.5) is 0 Å². The maximum atomic E-state index is 12.1. The third-order valence-electron chi connectivity index (χ3n) is 5.95. The van der Waals surface area contributed by atoms with Gasteiger partial charge >= 0.3 is 0 Å². The van der Waals surface area contributed by atoms with E-state index in [0.717, 1.165) is 22.9 Å². The van der Waals surface area contributed by atoms with Crippen molar-refractivity contribution in [2.75, 3.05) is 6.26 Å². The predicted molar refractivity (Wildman–Crippen MR) is 140 cm³/mol. The summed E-state index contributed by atoms with van der Waals surface area (Å²) < 4.78 is 48.5. The van der Waals surface area contributed by atoms with Gasteiger partial charge in [0.15, 0.2) is 0 Å². The molecular weight excluding hydrogens is 492 g/mol. The smallest absolute Gasteiger partial charge is 0.265 e. The first-order valence-electron chi connectivity index (χ1n) is 12.1. The summed E-state index contributed by atoms with van der Waals surface area (Å²) in [4.78, 5) is 0. The molecule has 3 aromatic rings. The first-order valence-corrected chi connectivity index (χ1v) is 13.9. The lowest BCUT2D eigenvalue weighted by atomic mass is 10.0. The molecule has 0 spiro atoms. The Morgan fingerprint density at radius 2 is 1.03 bits per heavy atom. The zero-order valence-corrected chi connectivity index (χ0v) is 21.4. The third-order valence-corrected chi connectivity index (χ3v) is 6.52. The molecule has 196 valence electrons. The Labute approximate surface area is 218 Å². The van der Waals surface area contributed by atoms with Crippen molar-refractivity contribution in [3.63, 3.8) is 0 Å². The fourth-order valence-corrected chi connectivity index (χ4v) is 4.75. The van der Waals surface area contributed by atoms with Crippen LogP contribution < -0.4 is 0 Å². The van der Waals surface area contributed by atoms with Gasteiger partial charge in [0.2, 0.25) is 0 Å². The van der Waals surface area contributed by atoms with Crippen molar-refractivity contribution in [2.45, 2.75) is 50.3 Å². The van der Waals surface area contributed by atoms with Gasteiger partial charge in [0.1, 0.15) is 30.5 Å². The fraction of sp³-hybridized carbons (Fsp3) is 0.310. The molecular formula is C29H32O7S. The molecule has 0 aromatic heterocycles. The standard InChI is InChI=1S/C29H32O7S/c1-37(31,32)36-26-18-17-25(30)27(33-19-22-11-5-2-6-12-22)29(35-21-24-15-9-4-10-16-24)28(26)34-20-23-13-7-3-8-14-23/h2-18,25-30H,19-21H2,1H3/t25-,26+,27-,28+,29+/m1/s1. The van der Waals surface area contributed by atoms with E-state index in [1.165, 1.54) is 12.2 Å². The van der Waals surface area contributed by atoms with E-state index >= 15 is 0 Å². The lowest BCUT2D eigenvalue weighted by Gasteiger charge is -2.35. The summed E-state index contributed by atoms with van der Waals surface area (Å²) in [5, 5.41) is 11.1. The maximum Gasteiger partial charge on any atom is 0.265 e. The highest BCUT2D eigenvalue weighted by Crippen LogP contribution is 2.28. The second-order valence-electron chi connectivity index (χ2n) is 8.92. The van der Waals surface area contributed by atoms with Crippen molar-refractivity contribution in [2.24, 2.45) is 0 Å². The van der Waals surface area contributed by atoms with E-state index in [4.69, 9.17) is 18.4 Å².